The van der Waals surface area contributed by atoms with Crippen molar-refractivity contribution in [1.29, 1.82) is 0 Å². The third-order valence-electron chi connectivity index (χ3n) is 5.91. The molecule has 0 aliphatic carbocycles. The standard InChI is InChI=1S/C19H12F2N4.C12H9F2N2.Ir/c20-17-12-11-16(18(21)22-17)25-13-24(15-9-5-2-6-10-15)19(23-25)14-7-3-1-4-8-14;1-2-8-5-6-15-10(7-8)9-3-4-11(13)16-12(9)14;/h1-10,12-13H;4-7H,2H2,1H3;/q-2;-1;+3. The number of rotatable bonds is 5. The summed E-state index contributed by atoms with van der Waals surface area (Å²) in [4.78, 5) is 12.1. The predicted molar refractivity (Wildman–Crippen MR) is 147 cm³/mol. The van der Waals surface area contributed by atoms with Crippen LogP contribution in [0.2, 0.25) is 0 Å². The van der Waals surface area contributed by atoms with Gasteiger partial charge in [0, 0.05) is 17.4 Å². The van der Waals surface area contributed by atoms with Crippen LogP contribution in [-0.2, 0) is 26.5 Å². The smallest absolute Gasteiger partial charge is 0.456 e. The quantitative estimate of drug-likeness (QED) is 0.113. The Morgan fingerprint density at radius 1 is 0.810 bits per heavy atom. The van der Waals surface area contributed by atoms with Gasteiger partial charge in [0.1, 0.15) is 23.7 Å². The fraction of sp³-hybridized carbons (Fsp3) is 0.0645. The van der Waals surface area contributed by atoms with Gasteiger partial charge in [-0.05, 0) is 36.0 Å². The van der Waals surface area contributed by atoms with E-state index in [1.165, 1.54) is 5.01 Å². The van der Waals surface area contributed by atoms with Gasteiger partial charge in [-0.15, -0.1) is 18.8 Å². The van der Waals surface area contributed by atoms with E-state index in [1.54, 1.807) is 18.9 Å². The van der Waals surface area contributed by atoms with Crippen molar-refractivity contribution in [2.24, 2.45) is 5.10 Å². The van der Waals surface area contributed by atoms with Crippen molar-refractivity contribution in [1.82, 2.24) is 15.0 Å². The van der Waals surface area contributed by atoms with Crippen LogP contribution in [0, 0.1) is 42.6 Å². The summed E-state index contributed by atoms with van der Waals surface area (Å²) in [5, 5.41) is 5.77. The van der Waals surface area contributed by atoms with Crippen LogP contribution in [0.1, 0.15) is 18.1 Å². The third-order valence-corrected chi connectivity index (χ3v) is 5.91. The van der Waals surface area contributed by atoms with Crippen molar-refractivity contribution in [2.45, 2.75) is 13.3 Å². The zero-order chi connectivity index (χ0) is 28.8. The van der Waals surface area contributed by atoms with Crippen molar-refractivity contribution in [3.05, 3.63) is 145 Å². The number of benzene rings is 2. The maximum absolute atomic E-state index is 14.0. The van der Waals surface area contributed by atoms with Gasteiger partial charge in [-0.1, -0.05) is 78.7 Å². The van der Waals surface area contributed by atoms with E-state index in [4.69, 9.17) is 0 Å². The number of pyridine rings is 3. The van der Waals surface area contributed by atoms with Gasteiger partial charge in [0.15, 0.2) is 0 Å². The number of halogens is 4. The van der Waals surface area contributed by atoms with Gasteiger partial charge < -0.3 is 19.9 Å². The monoisotopic (exact) mass is 746 g/mol. The number of anilines is 2. The fourth-order valence-electron chi connectivity index (χ4n) is 3.92. The summed E-state index contributed by atoms with van der Waals surface area (Å²) in [5.74, 6) is -3.05. The molecule has 1 aliphatic rings. The predicted octanol–water partition coefficient (Wildman–Crippen LogP) is 6.75. The first kappa shape index (κ1) is 30.5. The molecule has 6 rings (SSSR count). The van der Waals surface area contributed by atoms with Crippen molar-refractivity contribution < 1.29 is 37.7 Å². The first-order valence-electron chi connectivity index (χ1n) is 12.5. The summed E-state index contributed by atoms with van der Waals surface area (Å²) in [6.45, 7) is 3.61. The van der Waals surface area contributed by atoms with Gasteiger partial charge in [-0.2, -0.15) is 11.2 Å². The second-order valence-electron chi connectivity index (χ2n) is 8.61. The minimum Gasteiger partial charge on any atom is -0.456 e. The van der Waals surface area contributed by atoms with Gasteiger partial charge in [0.2, 0.25) is 0 Å². The summed E-state index contributed by atoms with van der Waals surface area (Å²) in [5.41, 5.74) is 3.22. The Morgan fingerprint density at radius 3 is 2.10 bits per heavy atom. The zero-order valence-electron chi connectivity index (χ0n) is 22.0. The average Bonchev–Trinajstić information content (AvgIpc) is 3.44. The molecule has 0 N–H and O–H groups in total. The molecule has 2 aromatic carbocycles. The van der Waals surface area contributed by atoms with Crippen LogP contribution in [0.5, 0.6) is 0 Å². The Balaban J connectivity index is 0.000000207. The van der Waals surface area contributed by atoms with Crippen LogP contribution in [-0.4, -0.2) is 20.8 Å². The molecule has 42 heavy (non-hydrogen) atoms. The number of hydrogen-bond donors (Lipinski definition) is 0. The molecule has 5 aromatic rings. The van der Waals surface area contributed by atoms with Crippen LogP contribution in [0.3, 0.4) is 0 Å². The van der Waals surface area contributed by atoms with Crippen molar-refractivity contribution >= 4 is 17.2 Å². The van der Waals surface area contributed by atoms with Crippen LogP contribution < -0.4 is 9.91 Å². The molecule has 6 nitrogen and oxygen atoms in total. The van der Waals surface area contributed by atoms with E-state index in [0.29, 0.717) is 11.5 Å². The topological polar surface area (TPSA) is 57.5 Å². The summed E-state index contributed by atoms with van der Waals surface area (Å²) < 4.78 is 53.0. The molecule has 4 heterocycles. The number of amidine groups is 1. The van der Waals surface area contributed by atoms with Crippen LogP contribution in [0.4, 0.5) is 28.9 Å². The van der Waals surface area contributed by atoms with Crippen LogP contribution in [0.25, 0.3) is 11.3 Å². The molecular weight excluding hydrogens is 725 g/mol. The molecule has 0 bridgehead atoms. The number of aromatic nitrogens is 3. The Hall–Kier alpha value is -4.47. The number of aryl methyl sites for hydroxylation is 1. The molecule has 0 saturated heterocycles. The normalized spacial score (nSPS) is 12.3. The summed E-state index contributed by atoms with van der Waals surface area (Å²) >= 11 is 0. The maximum Gasteiger partial charge on any atom is 3.00 e. The van der Waals surface area contributed by atoms with Gasteiger partial charge in [0.05, 0.1) is 5.95 Å². The Bertz CT molecular complexity index is 1670. The molecule has 0 unspecified atom stereocenters. The number of nitrogens with zero attached hydrogens (tertiary/aromatic N) is 6. The molecule has 0 atom stereocenters. The van der Waals surface area contributed by atoms with Gasteiger partial charge >= 0.3 is 20.1 Å². The van der Waals surface area contributed by atoms with Crippen molar-refractivity contribution in [2.75, 3.05) is 9.91 Å². The summed E-state index contributed by atoms with van der Waals surface area (Å²) in [6, 6.07) is 29.7. The zero-order valence-corrected chi connectivity index (χ0v) is 24.4. The van der Waals surface area contributed by atoms with E-state index in [9.17, 15) is 17.6 Å². The Morgan fingerprint density at radius 2 is 1.45 bits per heavy atom. The Labute approximate surface area is 253 Å². The second-order valence-corrected chi connectivity index (χ2v) is 8.61. The van der Waals surface area contributed by atoms with E-state index in [1.807, 2.05) is 78.6 Å². The van der Waals surface area contributed by atoms with E-state index >= 15 is 0 Å². The van der Waals surface area contributed by atoms with E-state index in [2.05, 4.69) is 32.2 Å². The van der Waals surface area contributed by atoms with Gasteiger partial charge in [0.25, 0.3) is 0 Å². The van der Waals surface area contributed by atoms with Crippen LogP contribution >= 0.6 is 0 Å². The fourth-order valence-corrected chi connectivity index (χ4v) is 3.92. The number of para-hydroxylation sites is 1. The van der Waals surface area contributed by atoms with Gasteiger partial charge in [-0.3, -0.25) is 13.8 Å². The number of hydrazone groups is 1. The molecule has 0 amide bonds. The van der Waals surface area contributed by atoms with E-state index in [0.717, 1.165) is 35.4 Å². The first-order valence-corrected chi connectivity index (χ1v) is 12.5. The van der Waals surface area contributed by atoms with E-state index < -0.39 is 23.8 Å². The summed E-state index contributed by atoms with van der Waals surface area (Å²) in [6.07, 6.45) is 2.41. The SMILES string of the molecule is CCc1ccnc(-c2[c-]cc(F)nc2F)c1.Fc1c[c-]c(N2[CH-]N(c3ccccc3)C(c3ccccc3)=N2)c(F)n1.[Ir+3]. The molecule has 0 spiro atoms. The molecule has 212 valence electrons. The number of hydrogen-bond acceptors (Lipinski definition) is 6. The second kappa shape index (κ2) is 13.9. The third kappa shape index (κ3) is 7.05. The molecular formula is C31H21F4IrN6. The largest absolute Gasteiger partial charge is 3.00 e. The minimum absolute atomic E-state index is 0. The first-order chi connectivity index (χ1) is 19.9. The van der Waals surface area contributed by atoms with Crippen LogP contribution in [0.15, 0.2) is 96.2 Å². The van der Waals surface area contributed by atoms with Crippen molar-refractivity contribution in [3.63, 3.8) is 0 Å². The molecule has 0 radical (unpaired) electrons. The molecule has 3 aromatic heterocycles. The molecule has 0 fully saturated rings. The molecule has 1 aliphatic heterocycles. The van der Waals surface area contributed by atoms with E-state index in [-0.39, 0.29) is 31.4 Å². The average molecular weight is 746 g/mol. The maximum atomic E-state index is 14.0. The molecule has 0 saturated carbocycles. The molecule has 11 heteroatoms. The van der Waals surface area contributed by atoms with Crippen molar-refractivity contribution in [3.8, 4) is 11.3 Å². The van der Waals surface area contributed by atoms with Gasteiger partial charge in [-0.25, -0.2) is 8.78 Å². The minimum atomic E-state index is -0.970. The summed E-state index contributed by atoms with van der Waals surface area (Å²) in [7, 11) is 0. The Kier molecular flexibility index (Phi) is 10.1.